The fourth-order valence-corrected chi connectivity index (χ4v) is 4.66. The molecule has 3 aromatic rings. The number of fused-ring (bicyclic) bond motifs is 2. The molecular weight excluding hydrogens is 419 g/mol. The standard InChI is InChI=1S/C27H25FN2O3/c1-17-3-12-25-23(15-17)22-13-14-30(27(31)33-21-10-6-19(28)7-11-21)26(24(22)16-29-25)18-4-8-20(32-2)9-5-18/h3-12,15,26,29H,13-14,16H2,1-2H3. The van der Waals surface area contributed by atoms with Crippen molar-refractivity contribution in [2.75, 3.05) is 25.5 Å². The number of hydrogen-bond donors (Lipinski definition) is 1. The number of methoxy groups -OCH3 is 1. The Morgan fingerprint density at radius 2 is 1.76 bits per heavy atom. The minimum atomic E-state index is -0.455. The van der Waals surface area contributed by atoms with Gasteiger partial charge in [0.1, 0.15) is 17.3 Å². The van der Waals surface area contributed by atoms with Crippen LogP contribution < -0.4 is 14.8 Å². The van der Waals surface area contributed by atoms with Gasteiger partial charge in [-0.05, 0) is 78.6 Å². The van der Waals surface area contributed by atoms with Crippen molar-refractivity contribution in [2.45, 2.75) is 19.4 Å². The smallest absolute Gasteiger partial charge is 0.416 e. The van der Waals surface area contributed by atoms with Crippen molar-refractivity contribution in [3.8, 4) is 11.5 Å². The molecule has 2 heterocycles. The monoisotopic (exact) mass is 444 g/mol. The molecule has 1 N–H and O–H groups in total. The first-order valence-corrected chi connectivity index (χ1v) is 11.0. The molecule has 1 atom stereocenters. The van der Waals surface area contributed by atoms with Gasteiger partial charge in [0.2, 0.25) is 0 Å². The third kappa shape index (κ3) is 4.04. The lowest BCUT2D eigenvalue weighted by Gasteiger charge is -2.41. The van der Waals surface area contributed by atoms with E-state index in [4.69, 9.17) is 9.47 Å². The second kappa shape index (κ2) is 8.62. The summed E-state index contributed by atoms with van der Waals surface area (Å²) < 4.78 is 24.2. The zero-order valence-electron chi connectivity index (χ0n) is 18.6. The van der Waals surface area contributed by atoms with E-state index in [9.17, 15) is 9.18 Å². The summed E-state index contributed by atoms with van der Waals surface area (Å²) in [5, 5.41) is 3.52. The van der Waals surface area contributed by atoms with Crippen molar-refractivity contribution >= 4 is 17.4 Å². The van der Waals surface area contributed by atoms with Crippen molar-refractivity contribution in [3.63, 3.8) is 0 Å². The normalized spacial score (nSPS) is 17.1. The van der Waals surface area contributed by atoms with E-state index in [0.29, 0.717) is 18.8 Å². The van der Waals surface area contributed by atoms with Crippen molar-refractivity contribution in [1.29, 1.82) is 0 Å². The number of halogens is 1. The van der Waals surface area contributed by atoms with Crippen LogP contribution in [0.5, 0.6) is 11.5 Å². The number of rotatable bonds is 3. The summed E-state index contributed by atoms with van der Waals surface area (Å²) in [6.45, 7) is 3.25. The van der Waals surface area contributed by atoms with Gasteiger partial charge in [-0.15, -0.1) is 0 Å². The molecule has 0 aliphatic carbocycles. The number of amides is 1. The number of carbonyl (C=O) groups is 1. The molecule has 0 radical (unpaired) electrons. The van der Waals surface area contributed by atoms with Crippen LogP contribution in [-0.2, 0) is 0 Å². The number of nitrogens with zero attached hydrogens (tertiary/aromatic N) is 1. The van der Waals surface area contributed by atoms with Crippen LogP contribution >= 0.6 is 0 Å². The lowest BCUT2D eigenvalue weighted by Crippen LogP contribution is -2.43. The quantitative estimate of drug-likeness (QED) is 0.541. The number of carbonyl (C=O) groups excluding carboxylic acids is 1. The van der Waals surface area contributed by atoms with Crippen molar-refractivity contribution in [3.05, 3.63) is 94.8 Å². The fraction of sp³-hybridized carbons (Fsp3) is 0.222. The van der Waals surface area contributed by atoms with E-state index in [0.717, 1.165) is 29.0 Å². The van der Waals surface area contributed by atoms with Crippen LogP contribution in [0.3, 0.4) is 0 Å². The van der Waals surface area contributed by atoms with E-state index in [1.54, 1.807) is 12.0 Å². The Bertz CT molecular complexity index is 1220. The summed E-state index contributed by atoms with van der Waals surface area (Å²) in [5.74, 6) is 0.699. The predicted octanol–water partition coefficient (Wildman–Crippen LogP) is 5.97. The van der Waals surface area contributed by atoms with Gasteiger partial charge in [0.05, 0.1) is 13.2 Å². The Hall–Kier alpha value is -3.80. The van der Waals surface area contributed by atoms with Gasteiger partial charge in [0, 0.05) is 24.3 Å². The van der Waals surface area contributed by atoms with Gasteiger partial charge in [0.25, 0.3) is 0 Å². The highest BCUT2D eigenvalue weighted by Crippen LogP contribution is 2.45. The van der Waals surface area contributed by atoms with Gasteiger partial charge in [-0.1, -0.05) is 23.8 Å². The summed E-state index contributed by atoms with van der Waals surface area (Å²) in [4.78, 5) is 15.0. The first kappa shape index (κ1) is 21.1. The van der Waals surface area contributed by atoms with Crippen molar-refractivity contribution < 1.29 is 18.7 Å². The van der Waals surface area contributed by atoms with E-state index < -0.39 is 6.09 Å². The molecule has 1 amide bonds. The van der Waals surface area contributed by atoms with Gasteiger partial charge >= 0.3 is 6.09 Å². The van der Waals surface area contributed by atoms with Crippen LogP contribution in [0.2, 0.25) is 0 Å². The first-order chi connectivity index (χ1) is 16.0. The summed E-state index contributed by atoms with van der Waals surface area (Å²) in [5.41, 5.74) is 6.93. The molecule has 33 heavy (non-hydrogen) atoms. The molecule has 0 saturated carbocycles. The lowest BCUT2D eigenvalue weighted by atomic mass is 9.82. The van der Waals surface area contributed by atoms with Crippen LogP contribution in [0, 0.1) is 12.7 Å². The second-order valence-corrected chi connectivity index (χ2v) is 8.35. The van der Waals surface area contributed by atoms with E-state index in [1.165, 1.54) is 41.0 Å². The average molecular weight is 445 g/mol. The van der Waals surface area contributed by atoms with Gasteiger partial charge in [-0.3, -0.25) is 4.90 Å². The number of benzene rings is 3. The minimum Gasteiger partial charge on any atom is -0.497 e. The summed E-state index contributed by atoms with van der Waals surface area (Å²) in [6, 6.07) is 19.4. The number of hydrogen-bond acceptors (Lipinski definition) is 4. The van der Waals surface area contributed by atoms with Gasteiger partial charge < -0.3 is 14.8 Å². The zero-order chi connectivity index (χ0) is 22.9. The molecule has 5 rings (SSSR count). The third-order valence-electron chi connectivity index (χ3n) is 6.29. The average Bonchev–Trinajstić information content (AvgIpc) is 2.84. The molecule has 0 spiro atoms. The Balaban J connectivity index is 1.55. The van der Waals surface area contributed by atoms with Gasteiger partial charge in [0.15, 0.2) is 0 Å². The van der Waals surface area contributed by atoms with Gasteiger partial charge in [-0.2, -0.15) is 0 Å². The maximum absolute atomic E-state index is 13.3. The van der Waals surface area contributed by atoms with E-state index in [1.807, 2.05) is 24.3 Å². The highest BCUT2D eigenvalue weighted by molar-refractivity contribution is 5.85. The third-order valence-corrected chi connectivity index (χ3v) is 6.29. The van der Waals surface area contributed by atoms with E-state index in [-0.39, 0.29) is 11.9 Å². The first-order valence-electron chi connectivity index (χ1n) is 11.0. The molecule has 3 aromatic carbocycles. The summed E-state index contributed by atoms with van der Waals surface area (Å²) >= 11 is 0. The highest BCUT2D eigenvalue weighted by atomic mass is 19.1. The largest absolute Gasteiger partial charge is 0.497 e. The summed E-state index contributed by atoms with van der Waals surface area (Å²) in [6.07, 6.45) is 0.280. The Labute approximate surface area is 192 Å². The van der Waals surface area contributed by atoms with Crippen molar-refractivity contribution in [2.24, 2.45) is 0 Å². The van der Waals surface area contributed by atoms with E-state index >= 15 is 0 Å². The Kier molecular flexibility index (Phi) is 5.50. The van der Waals surface area contributed by atoms with Crippen LogP contribution in [-0.4, -0.2) is 31.2 Å². The Morgan fingerprint density at radius 3 is 2.48 bits per heavy atom. The molecule has 0 fully saturated rings. The molecule has 0 bridgehead atoms. The maximum atomic E-state index is 13.3. The predicted molar refractivity (Wildman–Crippen MR) is 126 cm³/mol. The number of aryl methyl sites for hydroxylation is 1. The topological polar surface area (TPSA) is 50.8 Å². The molecule has 168 valence electrons. The van der Waals surface area contributed by atoms with Gasteiger partial charge in [-0.25, -0.2) is 9.18 Å². The SMILES string of the molecule is COc1ccc(C2C3=C(CCN2C(=O)Oc2ccc(F)cc2)c2cc(C)ccc2NC3)cc1. The Morgan fingerprint density at radius 1 is 1.03 bits per heavy atom. The molecule has 0 aromatic heterocycles. The molecule has 5 nitrogen and oxygen atoms in total. The molecule has 1 unspecified atom stereocenters. The zero-order valence-corrected chi connectivity index (χ0v) is 18.6. The maximum Gasteiger partial charge on any atom is 0.416 e. The highest BCUT2D eigenvalue weighted by Gasteiger charge is 2.37. The molecule has 0 saturated heterocycles. The molecule has 6 heteroatoms. The van der Waals surface area contributed by atoms with Crippen LogP contribution in [0.15, 0.2) is 72.3 Å². The van der Waals surface area contributed by atoms with Crippen molar-refractivity contribution in [1.82, 2.24) is 4.90 Å². The second-order valence-electron chi connectivity index (χ2n) is 8.35. The van der Waals surface area contributed by atoms with Crippen LogP contribution in [0.25, 0.3) is 5.57 Å². The number of anilines is 1. The molecular formula is C27H25FN2O3. The molecule has 2 aliphatic heterocycles. The minimum absolute atomic E-state index is 0.284. The number of ether oxygens (including phenoxy) is 2. The molecule has 2 aliphatic rings. The van der Waals surface area contributed by atoms with Crippen LogP contribution in [0.4, 0.5) is 14.9 Å². The van der Waals surface area contributed by atoms with E-state index in [2.05, 4.69) is 30.4 Å². The summed E-state index contributed by atoms with van der Waals surface area (Å²) in [7, 11) is 1.63. The lowest BCUT2D eigenvalue weighted by molar-refractivity contribution is 0.137. The fourth-order valence-electron chi connectivity index (χ4n) is 4.66. The number of nitrogens with one attached hydrogen (secondary N) is 1. The van der Waals surface area contributed by atoms with Crippen LogP contribution in [0.1, 0.15) is 29.2 Å².